The molecule has 1 amide bonds. The van der Waals surface area contributed by atoms with E-state index >= 15 is 0 Å². The number of aliphatic carboxylic acids is 1. The number of aryl methyl sites for hydroxylation is 1. The lowest BCUT2D eigenvalue weighted by Gasteiger charge is -2.21. The van der Waals surface area contributed by atoms with Crippen LogP contribution in [0.5, 0.6) is 0 Å². The van der Waals surface area contributed by atoms with Crippen molar-refractivity contribution in [3.05, 3.63) is 29.8 Å². The van der Waals surface area contributed by atoms with Gasteiger partial charge in [-0.3, -0.25) is 4.79 Å². The highest BCUT2D eigenvalue weighted by Gasteiger charge is 2.20. The van der Waals surface area contributed by atoms with Gasteiger partial charge in [-0.25, -0.2) is 0 Å². The van der Waals surface area contributed by atoms with E-state index < -0.39 is 12.0 Å². The second kappa shape index (κ2) is 6.16. The summed E-state index contributed by atoms with van der Waals surface area (Å²) < 4.78 is 0. The summed E-state index contributed by atoms with van der Waals surface area (Å²) in [6.45, 7) is 1.95. The van der Waals surface area contributed by atoms with Crippen LogP contribution in [0.3, 0.4) is 0 Å². The number of benzene rings is 1. The molecule has 0 radical (unpaired) electrons. The molecule has 0 aliphatic heterocycles. The van der Waals surface area contributed by atoms with Crippen molar-refractivity contribution in [3.63, 3.8) is 0 Å². The van der Waals surface area contributed by atoms with E-state index in [2.05, 4.69) is 5.32 Å². The summed E-state index contributed by atoms with van der Waals surface area (Å²) in [6.07, 6.45) is -0.0987. The molecule has 1 aromatic rings. The van der Waals surface area contributed by atoms with Gasteiger partial charge in [-0.15, -0.1) is 0 Å². The van der Waals surface area contributed by atoms with Crippen LogP contribution in [0.15, 0.2) is 24.3 Å². The Bertz CT molecular complexity index is 426. The summed E-state index contributed by atoms with van der Waals surface area (Å²) in [4.78, 5) is 23.2. The molecule has 5 heteroatoms. The number of hydrogen-bond acceptors (Lipinski definition) is 3. The van der Waals surface area contributed by atoms with E-state index in [4.69, 9.17) is 0 Å². The minimum Gasteiger partial charge on any atom is -0.544 e. The minimum atomic E-state index is -1.21. The summed E-state index contributed by atoms with van der Waals surface area (Å²) in [5, 5.41) is 13.5. The highest BCUT2D eigenvalue weighted by atomic mass is 16.4. The Labute approximate surface area is 106 Å². The second-order valence-corrected chi connectivity index (χ2v) is 4.57. The fourth-order valence-electron chi connectivity index (χ4n) is 1.56. The summed E-state index contributed by atoms with van der Waals surface area (Å²) in [6, 6.07) is 6.48. The smallest absolute Gasteiger partial charge is 0.230 e. The Morgan fingerprint density at radius 1 is 1.28 bits per heavy atom. The monoisotopic (exact) mass is 250 g/mol. The van der Waals surface area contributed by atoms with Gasteiger partial charge in [-0.1, -0.05) is 17.7 Å². The van der Waals surface area contributed by atoms with Crippen molar-refractivity contribution in [2.45, 2.75) is 19.4 Å². The molecular weight excluding hydrogens is 232 g/mol. The molecular formula is C13H18N2O3. The second-order valence-electron chi connectivity index (χ2n) is 4.57. The number of rotatable bonds is 5. The molecule has 0 bridgehead atoms. The third kappa shape index (κ3) is 4.18. The molecule has 0 heterocycles. The van der Waals surface area contributed by atoms with Crippen LogP contribution in [0.2, 0.25) is 0 Å². The van der Waals surface area contributed by atoms with Gasteiger partial charge >= 0.3 is 0 Å². The molecule has 0 aliphatic rings. The zero-order valence-corrected chi connectivity index (χ0v) is 10.8. The van der Waals surface area contributed by atoms with Gasteiger partial charge in [-0.05, 0) is 19.1 Å². The van der Waals surface area contributed by atoms with Crippen LogP contribution in [0.4, 0.5) is 5.69 Å². The SMILES string of the molecule is Cc1ccc(NC(=O)C[C@H](C(=O)[O-])[NH+](C)C)cc1. The lowest BCUT2D eigenvalue weighted by atomic mass is 10.1. The van der Waals surface area contributed by atoms with Gasteiger partial charge < -0.3 is 20.1 Å². The number of hydrogen-bond donors (Lipinski definition) is 2. The lowest BCUT2D eigenvalue weighted by molar-refractivity contribution is -0.878. The Balaban J connectivity index is 2.60. The molecule has 98 valence electrons. The number of carbonyl (C=O) groups excluding carboxylic acids is 2. The minimum absolute atomic E-state index is 0.0987. The fraction of sp³-hybridized carbons (Fsp3) is 0.385. The molecule has 0 spiro atoms. The molecule has 0 saturated heterocycles. The predicted molar refractivity (Wildman–Crippen MR) is 66.0 cm³/mol. The largest absolute Gasteiger partial charge is 0.544 e. The lowest BCUT2D eigenvalue weighted by Crippen LogP contribution is -3.12. The molecule has 1 atom stereocenters. The van der Waals surface area contributed by atoms with Crippen LogP contribution in [0.1, 0.15) is 12.0 Å². The summed E-state index contributed by atoms with van der Waals surface area (Å²) >= 11 is 0. The van der Waals surface area contributed by atoms with Gasteiger partial charge in [0.2, 0.25) is 5.91 Å². The number of likely N-dealkylation sites (N-methyl/N-ethyl adjacent to an activating group) is 1. The Kier molecular flexibility index (Phi) is 4.85. The number of carbonyl (C=O) groups is 2. The predicted octanol–water partition coefficient (Wildman–Crippen LogP) is -1.41. The van der Waals surface area contributed by atoms with Crippen molar-refractivity contribution in [2.24, 2.45) is 0 Å². The number of quaternary nitrogens is 1. The molecule has 5 nitrogen and oxygen atoms in total. The first kappa shape index (κ1) is 14.2. The Morgan fingerprint density at radius 3 is 2.28 bits per heavy atom. The standard InChI is InChI=1S/C13H18N2O3/c1-9-4-6-10(7-5-9)14-12(16)8-11(13(17)18)15(2)3/h4-7,11H,8H2,1-3H3,(H,14,16)(H,17,18)/t11-/m1/s1. The van der Waals surface area contributed by atoms with E-state index in [0.717, 1.165) is 5.56 Å². The molecule has 1 aromatic carbocycles. The highest BCUT2D eigenvalue weighted by Crippen LogP contribution is 2.08. The maximum atomic E-state index is 11.7. The Hall–Kier alpha value is -1.88. The number of anilines is 1. The third-order valence-corrected chi connectivity index (χ3v) is 2.71. The first-order valence-electron chi connectivity index (χ1n) is 5.77. The maximum Gasteiger partial charge on any atom is 0.230 e. The van der Waals surface area contributed by atoms with Crippen LogP contribution in [0.25, 0.3) is 0 Å². The van der Waals surface area contributed by atoms with E-state index in [9.17, 15) is 14.7 Å². The van der Waals surface area contributed by atoms with Crippen LogP contribution >= 0.6 is 0 Å². The maximum absolute atomic E-state index is 11.7. The number of carboxylic acid groups (broad SMARTS) is 1. The van der Waals surface area contributed by atoms with E-state index in [-0.39, 0.29) is 12.3 Å². The zero-order valence-electron chi connectivity index (χ0n) is 10.8. The van der Waals surface area contributed by atoms with Gasteiger partial charge in [0.1, 0.15) is 6.04 Å². The van der Waals surface area contributed by atoms with Crippen molar-refractivity contribution >= 4 is 17.6 Å². The van der Waals surface area contributed by atoms with Crippen LogP contribution in [0, 0.1) is 6.92 Å². The van der Waals surface area contributed by atoms with Gasteiger partial charge in [0.15, 0.2) is 0 Å². The van der Waals surface area contributed by atoms with Crippen LogP contribution < -0.4 is 15.3 Å². The summed E-state index contributed by atoms with van der Waals surface area (Å²) in [5.41, 5.74) is 1.76. The average molecular weight is 250 g/mol. The first-order valence-corrected chi connectivity index (χ1v) is 5.77. The topological polar surface area (TPSA) is 73.7 Å². The number of amides is 1. The molecule has 2 N–H and O–H groups in total. The summed E-state index contributed by atoms with van der Waals surface area (Å²) in [5.74, 6) is -1.54. The Morgan fingerprint density at radius 2 is 1.83 bits per heavy atom. The van der Waals surface area contributed by atoms with Crippen molar-refractivity contribution < 1.29 is 19.6 Å². The van der Waals surface area contributed by atoms with E-state index in [1.807, 2.05) is 19.1 Å². The normalized spacial score (nSPS) is 12.2. The van der Waals surface area contributed by atoms with Gasteiger partial charge in [0.05, 0.1) is 26.5 Å². The van der Waals surface area contributed by atoms with E-state index in [0.29, 0.717) is 10.6 Å². The fourth-order valence-corrected chi connectivity index (χ4v) is 1.56. The van der Waals surface area contributed by atoms with Gasteiger partial charge in [0, 0.05) is 5.69 Å². The van der Waals surface area contributed by atoms with Crippen molar-refractivity contribution in [1.82, 2.24) is 0 Å². The number of carboxylic acids is 1. The first-order chi connectivity index (χ1) is 8.40. The zero-order chi connectivity index (χ0) is 13.7. The summed E-state index contributed by atoms with van der Waals surface area (Å²) in [7, 11) is 3.36. The van der Waals surface area contributed by atoms with Gasteiger partial charge in [0.25, 0.3) is 0 Å². The van der Waals surface area contributed by atoms with Crippen LogP contribution in [-0.4, -0.2) is 32.0 Å². The molecule has 0 unspecified atom stereocenters. The molecule has 0 saturated carbocycles. The molecule has 1 rings (SSSR count). The molecule has 0 fully saturated rings. The third-order valence-electron chi connectivity index (χ3n) is 2.71. The van der Waals surface area contributed by atoms with E-state index in [1.165, 1.54) is 0 Å². The van der Waals surface area contributed by atoms with Crippen LogP contribution in [-0.2, 0) is 9.59 Å². The van der Waals surface area contributed by atoms with E-state index in [1.54, 1.807) is 26.2 Å². The van der Waals surface area contributed by atoms with Crippen molar-refractivity contribution in [3.8, 4) is 0 Å². The molecule has 0 aromatic heterocycles. The number of nitrogens with one attached hydrogen (secondary N) is 2. The van der Waals surface area contributed by atoms with Crippen molar-refractivity contribution in [1.29, 1.82) is 0 Å². The molecule has 18 heavy (non-hydrogen) atoms. The van der Waals surface area contributed by atoms with Gasteiger partial charge in [-0.2, -0.15) is 0 Å². The quantitative estimate of drug-likeness (QED) is 0.674. The molecule has 0 aliphatic carbocycles. The average Bonchev–Trinajstić information content (AvgIpc) is 2.28. The highest BCUT2D eigenvalue weighted by molar-refractivity contribution is 5.93. The van der Waals surface area contributed by atoms with Crippen molar-refractivity contribution in [2.75, 3.05) is 19.4 Å².